The number of aromatic amines is 2. The normalized spacial score (nSPS) is 10.1. The van der Waals surface area contributed by atoms with Crippen LogP contribution in [0.15, 0.2) is 61.2 Å². The van der Waals surface area contributed by atoms with Gasteiger partial charge in [0.25, 0.3) is 0 Å². The van der Waals surface area contributed by atoms with Crippen molar-refractivity contribution in [3.63, 3.8) is 0 Å². The van der Waals surface area contributed by atoms with E-state index in [4.69, 9.17) is 14.6 Å². The highest BCUT2D eigenvalue weighted by Gasteiger charge is 2.13. The highest BCUT2D eigenvalue weighted by atomic mass is 16.5. The zero-order valence-corrected chi connectivity index (χ0v) is 19.6. The number of methoxy groups -OCH3 is 1. The minimum atomic E-state index is -0.968. The first kappa shape index (κ1) is 25.0. The van der Waals surface area contributed by atoms with Gasteiger partial charge in [-0.25, -0.2) is 9.59 Å². The molecule has 0 saturated heterocycles. The van der Waals surface area contributed by atoms with Gasteiger partial charge >= 0.3 is 11.9 Å². The molecule has 0 fully saturated rings. The molecule has 0 spiro atoms. The molecular formula is C25H26N4O6. The first-order valence-electron chi connectivity index (χ1n) is 10.8. The number of ether oxygens (including phenoxy) is 3. The van der Waals surface area contributed by atoms with Crippen LogP contribution in [0.2, 0.25) is 0 Å². The van der Waals surface area contributed by atoms with Crippen molar-refractivity contribution in [1.82, 2.24) is 20.4 Å². The maximum absolute atomic E-state index is 11.5. The first-order chi connectivity index (χ1) is 17.0. The van der Waals surface area contributed by atoms with Crippen LogP contribution in [-0.4, -0.2) is 57.8 Å². The van der Waals surface area contributed by atoms with E-state index >= 15 is 0 Å². The van der Waals surface area contributed by atoms with Crippen molar-refractivity contribution in [3.05, 3.63) is 72.3 Å². The van der Waals surface area contributed by atoms with Crippen LogP contribution < -0.4 is 9.47 Å². The number of carbonyl (C=O) groups is 2. The van der Waals surface area contributed by atoms with E-state index < -0.39 is 5.97 Å². The lowest BCUT2D eigenvalue weighted by molar-refractivity contribution is 0.0599. The van der Waals surface area contributed by atoms with Gasteiger partial charge in [-0.3, -0.25) is 10.2 Å². The topological polar surface area (TPSA) is 139 Å². The number of H-pyrrole nitrogens is 2. The number of rotatable bonds is 8. The maximum Gasteiger partial charge on any atom is 0.337 e. The number of nitrogens with one attached hydrogen (secondary N) is 2. The lowest BCUT2D eigenvalue weighted by Gasteiger charge is -2.10. The number of carboxylic acids is 1. The molecule has 2 aromatic heterocycles. The minimum Gasteiger partial charge on any atom is -0.493 e. The standard InChI is InChI=1S/C13H14N2O3.C12H12N2O3/c1-3-18-12-6-9(13(16)17-2)4-5-11(12)10-7-14-15-8-10;1-2-17-11-5-8(12(15)16)3-4-10(11)9-6-13-14-7-9/h4-8H,3H2,1-2H3,(H,14,15);3-7H,2H2,1H3,(H,13,14)(H,15,16). The van der Waals surface area contributed by atoms with E-state index in [1.165, 1.54) is 13.2 Å². The number of esters is 1. The number of aromatic carboxylic acids is 1. The fourth-order valence-corrected chi connectivity index (χ4v) is 3.25. The molecule has 0 aliphatic carbocycles. The Labute approximate surface area is 201 Å². The number of carboxylic acid groups (broad SMARTS) is 1. The van der Waals surface area contributed by atoms with Gasteiger partial charge in [0.05, 0.1) is 43.8 Å². The summed E-state index contributed by atoms with van der Waals surface area (Å²) in [7, 11) is 1.35. The second-order valence-corrected chi connectivity index (χ2v) is 7.06. The molecule has 35 heavy (non-hydrogen) atoms. The molecule has 0 unspecified atom stereocenters. The van der Waals surface area contributed by atoms with E-state index in [-0.39, 0.29) is 11.5 Å². The zero-order chi connectivity index (χ0) is 25.2. The van der Waals surface area contributed by atoms with Gasteiger partial charge in [0.2, 0.25) is 0 Å². The molecule has 0 amide bonds. The fraction of sp³-hybridized carbons (Fsp3) is 0.200. The number of aromatic nitrogens is 4. The third-order valence-corrected chi connectivity index (χ3v) is 4.85. The number of carbonyl (C=O) groups excluding carboxylic acids is 1. The number of nitrogens with zero attached hydrogens (tertiary/aromatic N) is 2. The molecule has 0 saturated carbocycles. The summed E-state index contributed by atoms with van der Waals surface area (Å²) >= 11 is 0. The number of benzene rings is 2. The highest BCUT2D eigenvalue weighted by Crippen LogP contribution is 2.31. The highest BCUT2D eigenvalue weighted by molar-refractivity contribution is 5.91. The monoisotopic (exact) mass is 478 g/mol. The van der Waals surface area contributed by atoms with E-state index in [0.717, 1.165) is 22.3 Å². The van der Waals surface area contributed by atoms with Gasteiger partial charge in [0, 0.05) is 34.6 Å². The summed E-state index contributed by atoms with van der Waals surface area (Å²) in [6.45, 7) is 4.75. The molecule has 0 aliphatic rings. The molecule has 2 aromatic carbocycles. The second-order valence-electron chi connectivity index (χ2n) is 7.06. The average molecular weight is 479 g/mol. The maximum atomic E-state index is 11.5. The number of hydrogen-bond donors (Lipinski definition) is 3. The van der Waals surface area contributed by atoms with Crippen LogP contribution in [0.5, 0.6) is 11.5 Å². The van der Waals surface area contributed by atoms with Crippen molar-refractivity contribution in [3.8, 4) is 33.8 Å². The van der Waals surface area contributed by atoms with Crippen LogP contribution in [0.1, 0.15) is 34.6 Å². The van der Waals surface area contributed by atoms with Gasteiger partial charge in [0.15, 0.2) is 0 Å². The summed E-state index contributed by atoms with van der Waals surface area (Å²) in [6, 6.07) is 10.00. The molecule has 0 bridgehead atoms. The molecule has 0 radical (unpaired) electrons. The Balaban J connectivity index is 0.000000196. The Morgan fingerprint density at radius 3 is 1.71 bits per heavy atom. The third-order valence-electron chi connectivity index (χ3n) is 4.85. The van der Waals surface area contributed by atoms with E-state index in [2.05, 4.69) is 25.1 Å². The van der Waals surface area contributed by atoms with E-state index in [9.17, 15) is 9.59 Å². The van der Waals surface area contributed by atoms with Gasteiger partial charge in [-0.2, -0.15) is 10.2 Å². The molecular weight excluding hydrogens is 452 g/mol. The molecule has 4 rings (SSSR count). The van der Waals surface area contributed by atoms with Crippen molar-refractivity contribution in [2.24, 2.45) is 0 Å². The minimum absolute atomic E-state index is 0.209. The summed E-state index contributed by atoms with van der Waals surface area (Å²) in [6.07, 6.45) is 6.88. The van der Waals surface area contributed by atoms with Crippen LogP contribution >= 0.6 is 0 Å². The Bertz CT molecular complexity index is 1250. The molecule has 0 aliphatic heterocycles. The Kier molecular flexibility index (Phi) is 8.60. The molecule has 3 N–H and O–H groups in total. The van der Waals surface area contributed by atoms with E-state index in [1.54, 1.807) is 49.1 Å². The zero-order valence-electron chi connectivity index (χ0n) is 19.6. The van der Waals surface area contributed by atoms with Gasteiger partial charge in [-0.05, 0) is 50.2 Å². The molecule has 10 nitrogen and oxygen atoms in total. The Hall–Kier alpha value is -4.60. The molecule has 2 heterocycles. The van der Waals surface area contributed by atoms with E-state index in [0.29, 0.717) is 30.3 Å². The molecule has 0 atom stereocenters. The first-order valence-corrected chi connectivity index (χ1v) is 10.8. The Morgan fingerprint density at radius 2 is 1.31 bits per heavy atom. The second kappa shape index (κ2) is 12.0. The Morgan fingerprint density at radius 1 is 0.829 bits per heavy atom. The van der Waals surface area contributed by atoms with Crippen molar-refractivity contribution in [2.45, 2.75) is 13.8 Å². The SMILES string of the molecule is CCOc1cc(C(=O)O)ccc1-c1cn[nH]c1.CCOc1cc(C(=O)OC)ccc1-c1cn[nH]c1. The van der Waals surface area contributed by atoms with E-state index in [1.807, 2.05) is 19.9 Å². The third kappa shape index (κ3) is 6.26. The van der Waals surface area contributed by atoms with Gasteiger partial charge in [-0.15, -0.1) is 0 Å². The molecule has 4 aromatic rings. The lowest BCUT2D eigenvalue weighted by Crippen LogP contribution is -2.02. The quantitative estimate of drug-likeness (QED) is 0.316. The summed E-state index contributed by atoms with van der Waals surface area (Å²) in [5.41, 5.74) is 4.16. The van der Waals surface area contributed by atoms with Gasteiger partial charge in [0.1, 0.15) is 11.5 Å². The fourth-order valence-electron chi connectivity index (χ4n) is 3.25. The summed E-state index contributed by atoms with van der Waals surface area (Å²) < 4.78 is 15.7. The predicted octanol–water partition coefficient (Wildman–Crippen LogP) is 4.44. The molecule has 10 heteroatoms. The van der Waals surface area contributed by atoms with Crippen LogP contribution in [-0.2, 0) is 4.74 Å². The van der Waals surface area contributed by atoms with Crippen molar-refractivity contribution in [1.29, 1.82) is 0 Å². The number of hydrogen-bond acceptors (Lipinski definition) is 7. The van der Waals surface area contributed by atoms with Crippen LogP contribution in [0.4, 0.5) is 0 Å². The summed E-state index contributed by atoms with van der Waals surface area (Å²) in [5, 5.41) is 22.1. The average Bonchev–Trinajstić information content (AvgIpc) is 3.59. The van der Waals surface area contributed by atoms with Crippen LogP contribution in [0.25, 0.3) is 22.3 Å². The van der Waals surface area contributed by atoms with Gasteiger partial charge < -0.3 is 19.3 Å². The van der Waals surface area contributed by atoms with Crippen molar-refractivity contribution < 1.29 is 28.9 Å². The van der Waals surface area contributed by atoms with Crippen molar-refractivity contribution in [2.75, 3.05) is 20.3 Å². The predicted molar refractivity (Wildman–Crippen MR) is 129 cm³/mol. The lowest BCUT2D eigenvalue weighted by atomic mass is 10.1. The van der Waals surface area contributed by atoms with Crippen LogP contribution in [0.3, 0.4) is 0 Å². The summed E-state index contributed by atoms with van der Waals surface area (Å²) in [4.78, 5) is 22.4. The van der Waals surface area contributed by atoms with Gasteiger partial charge in [-0.1, -0.05) is 0 Å². The smallest absolute Gasteiger partial charge is 0.337 e. The summed E-state index contributed by atoms with van der Waals surface area (Å²) in [5.74, 6) is -0.157. The largest absolute Gasteiger partial charge is 0.493 e. The molecule has 182 valence electrons. The van der Waals surface area contributed by atoms with Crippen LogP contribution in [0, 0.1) is 0 Å². The van der Waals surface area contributed by atoms with Crippen molar-refractivity contribution >= 4 is 11.9 Å².